The summed E-state index contributed by atoms with van der Waals surface area (Å²) in [5, 5.41) is 0. The van der Waals surface area contributed by atoms with Crippen LogP contribution in [0, 0.1) is 6.92 Å². The third kappa shape index (κ3) is 5.55. The molecule has 0 spiro atoms. The van der Waals surface area contributed by atoms with Crippen LogP contribution in [0.25, 0.3) is 0 Å². The van der Waals surface area contributed by atoms with Gasteiger partial charge in [0.1, 0.15) is 0 Å². The van der Waals surface area contributed by atoms with Crippen molar-refractivity contribution in [1.29, 1.82) is 0 Å². The van der Waals surface area contributed by atoms with Crippen LogP contribution in [0.5, 0.6) is 0 Å². The van der Waals surface area contributed by atoms with E-state index in [4.69, 9.17) is 4.74 Å². The first-order valence-corrected chi connectivity index (χ1v) is 9.68. The molecule has 148 valence electrons. The maximum atomic E-state index is 13.2. The minimum atomic E-state index is -0.880. The first-order chi connectivity index (χ1) is 14.0. The molecular weight excluding hydrogens is 362 g/mol. The largest absolute Gasteiger partial charge is 0.449 e. The van der Waals surface area contributed by atoms with E-state index < -0.39 is 12.1 Å². The minimum absolute atomic E-state index is 0.223. The van der Waals surface area contributed by atoms with Crippen LogP contribution < -0.4 is 0 Å². The molecule has 3 aromatic rings. The van der Waals surface area contributed by atoms with Gasteiger partial charge in [0.15, 0.2) is 6.10 Å². The van der Waals surface area contributed by atoms with Crippen LogP contribution in [0.2, 0.25) is 0 Å². The molecule has 3 rings (SSSR count). The van der Waals surface area contributed by atoms with Gasteiger partial charge in [0, 0.05) is 13.1 Å². The van der Waals surface area contributed by atoms with Crippen molar-refractivity contribution in [2.24, 2.45) is 0 Å². The lowest BCUT2D eigenvalue weighted by molar-refractivity contribution is -0.141. The maximum absolute atomic E-state index is 13.2. The summed E-state index contributed by atoms with van der Waals surface area (Å²) in [5.41, 5.74) is 3.34. The predicted octanol–water partition coefficient (Wildman–Crippen LogP) is 4.77. The van der Waals surface area contributed by atoms with Gasteiger partial charge in [0.25, 0.3) is 5.91 Å². The number of amides is 1. The zero-order chi connectivity index (χ0) is 20.6. The number of carbonyl (C=O) groups excluding carboxylic acids is 2. The van der Waals surface area contributed by atoms with Crippen LogP contribution in [-0.4, -0.2) is 22.9 Å². The summed E-state index contributed by atoms with van der Waals surface area (Å²) < 4.78 is 5.51. The van der Waals surface area contributed by atoms with Crippen LogP contribution in [0.1, 0.15) is 34.0 Å². The summed E-state index contributed by atoms with van der Waals surface area (Å²) in [7, 11) is 0. The normalized spacial score (nSPS) is 11.5. The van der Waals surface area contributed by atoms with E-state index in [0.717, 1.165) is 16.7 Å². The molecule has 1 atom stereocenters. The Labute approximate surface area is 171 Å². The quantitative estimate of drug-likeness (QED) is 0.549. The number of ether oxygens (including phenoxy) is 1. The number of nitrogens with zero attached hydrogens (tertiary/aromatic N) is 1. The summed E-state index contributed by atoms with van der Waals surface area (Å²) in [6.07, 6.45) is -0.880. The number of hydrogen-bond donors (Lipinski definition) is 0. The monoisotopic (exact) mass is 387 g/mol. The van der Waals surface area contributed by atoms with Gasteiger partial charge in [-0.25, -0.2) is 4.79 Å². The average Bonchev–Trinajstić information content (AvgIpc) is 2.74. The first kappa shape index (κ1) is 20.3. The summed E-state index contributed by atoms with van der Waals surface area (Å²) in [4.78, 5) is 27.4. The third-order valence-corrected chi connectivity index (χ3v) is 4.74. The van der Waals surface area contributed by atoms with Crippen molar-refractivity contribution in [3.63, 3.8) is 0 Å². The molecule has 0 heterocycles. The Kier molecular flexibility index (Phi) is 6.80. The average molecular weight is 387 g/mol. The summed E-state index contributed by atoms with van der Waals surface area (Å²) in [6, 6.07) is 26.8. The number of hydrogen-bond acceptors (Lipinski definition) is 3. The number of esters is 1. The summed E-state index contributed by atoms with van der Waals surface area (Å²) in [6.45, 7) is 4.36. The molecule has 29 heavy (non-hydrogen) atoms. The Morgan fingerprint density at radius 3 is 1.79 bits per heavy atom. The molecule has 0 saturated heterocycles. The molecule has 0 saturated carbocycles. The van der Waals surface area contributed by atoms with Crippen LogP contribution in [-0.2, 0) is 22.6 Å². The SMILES string of the molecule is Cc1ccccc1C(=O)OC(C)C(=O)N(Cc1ccccc1)Cc1ccccc1. The Morgan fingerprint density at radius 2 is 1.28 bits per heavy atom. The highest BCUT2D eigenvalue weighted by Crippen LogP contribution is 2.15. The summed E-state index contributed by atoms with van der Waals surface area (Å²) >= 11 is 0. The Bertz CT molecular complexity index is 913. The Hall–Kier alpha value is -3.40. The Balaban J connectivity index is 1.75. The topological polar surface area (TPSA) is 46.6 Å². The highest BCUT2D eigenvalue weighted by Gasteiger charge is 2.25. The molecule has 1 unspecified atom stereocenters. The molecule has 0 aliphatic rings. The van der Waals surface area contributed by atoms with Crippen LogP contribution in [0.15, 0.2) is 84.9 Å². The second kappa shape index (κ2) is 9.69. The van der Waals surface area contributed by atoms with Gasteiger partial charge in [-0.1, -0.05) is 78.9 Å². The van der Waals surface area contributed by atoms with Crippen LogP contribution in [0.4, 0.5) is 0 Å². The smallest absolute Gasteiger partial charge is 0.339 e. The van der Waals surface area contributed by atoms with Gasteiger partial charge in [-0.15, -0.1) is 0 Å². The summed E-state index contributed by atoms with van der Waals surface area (Å²) in [5.74, 6) is -0.706. The van der Waals surface area contributed by atoms with Gasteiger partial charge < -0.3 is 9.64 Å². The van der Waals surface area contributed by atoms with Crippen molar-refractivity contribution in [3.8, 4) is 0 Å². The molecule has 1 amide bonds. The number of rotatable bonds is 7. The minimum Gasteiger partial charge on any atom is -0.449 e. The van der Waals surface area contributed by atoms with Gasteiger partial charge in [0.2, 0.25) is 0 Å². The van der Waals surface area contributed by atoms with E-state index in [1.165, 1.54) is 0 Å². The van der Waals surface area contributed by atoms with E-state index in [0.29, 0.717) is 18.7 Å². The van der Waals surface area contributed by atoms with Gasteiger partial charge >= 0.3 is 5.97 Å². The molecule has 4 heteroatoms. The van der Waals surface area contributed by atoms with Crippen LogP contribution >= 0.6 is 0 Å². The number of carbonyl (C=O) groups is 2. The van der Waals surface area contributed by atoms with Gasteiger partial charge in [-0.3, -0.25) is 4.79 Å². The Morgan fingerprint density at radius 1 is 0.793 bits per heavy atom. The van der Waals surface area contributed by atoms with E-state index in [1.54, 1.807) is 24.0 Å². The predicted molar refractivity (Wildman–Crippen MR) is 113 cm³/mol. The lowest BCUT2D eigenvalue weighted by atomic mass is 10.1. The molecule has 4 nitrogen and oxygen atoms in total. The zero-order valence-corrected chi connectivity index (χ0v) is 16.7. The lowest BCUT2D eigenvalue weighted by Gasteiger charge is -2.26. The van der Waals surface area contributed by atoms with E-state index >= 15 is 0 Å². The molecule has 0 radical (unpaired) electrons. The maximum Gasteiger partial charge on any atom is 0.339 e. The third-order valence-electron chi connectivity index (χ3n) is 4.74. The second-order valence-corrected chi connectivity index (χ2v) is 7.03. The number of aryl methyl sites for hydroxylation is 1. The fourth-order valence-corrected chi connectivity index (χ4v) is 3.15. The standard InChI is InChI=1S/C25H25NO3/c1-19-11-9-10-16-23(19)25(28)29-20(2)24(27)26(17-21-12-5-3-6-13-21)18-22-14-7-4-8-15-22/h3-16,20H,17-18H2,1-2H3. The molecule has 0 N–H and O–H groups in total. The molecular formula is C25H25NO3. The van der Waals surface area contributed by atoms with Crippen molar-refractivity contribution >= 4 is 11.9 Å². The lowest BCUT2D eigenvalue weighted by Crippen LogP contribution is -2.39. The number of benzene rings is 3. The zero-order valence-electron chi connectivity index (χ0n) is 16.7. The van der Waals surface area contributed by atoms with Gasteiger partial charge in [-0.05, 0) is 36.6 Å². The molecule has 0 aliphatic heterocycles. The van der Waals surface area contributed by atoms with E-state index in [-0.39, 0.29) is 5.91 Å². The van der Waals surface area contributed by atoms with E-state index in [9.17, 15) is 9.59 Å². The van der Waals surface area contributed by atoms with Crippen molar-refractivity contribution in [2.45, 2.75) is 33.0 Å². The van der Waals surface area contributed by atoms with E-state index in [1.807, 2.05) is 79.7 Å². The van der Waals surface area contributed by atoms with Gasteiger partial charge in [-0.2, -0.15) is 0 Å². The van der Waals surface area contributed by atoms with Crippen molar-refractivity contribution in [2.75, 3.05) is 0 Å². The molecule has 0 aliphatic carbocycles. The second-order valence-electron chi connectivity index (χ2n) is 7.03. The van der Waals surface area contributed by atoms with E-state index in [2.05, 4.69) is 0 Å². The fraction of sp³-hybridized carbons (Fsp3) is 0.200. The highest BCUT2D eigenvalue weighted by molar-refractivity contribution is 5.93. The highest BCUT2D eigenvalue weighted by atomic mass is 16.5. The molecule has 3 aromatic carbocycles. The molecule has 0 bridgehead atoms. The fourth-order valence-electron chi connectivity index (χ4n) is 3.15. The van der Waals surface area contributed by atoms with Gasteiger partial charge in [0.05, 0.1) is 5.56 Å². The molecule has 0 fully saturated rings. The van der Waals surface area contributed by atoms with Crippen molar-refractivity contribution < 1.29 is 14.3 Å². The molecule has 0 aromatic heterocycles. The van der Waals surface area contributed by atoms with Crippen LogP contribution in [0.3, 0.4) is 0 Å². The van der Waals surface area contributed by atoms with Crippen molar-refractivity contribution in [3.05, 3.63) is 107 Å². The first-order valence-electron chi connectivity index (χ1n) is 9.68. The van der Waals surface area contributed by atoms with Crippen molar-refractivity contribution in [1.82, 2.24) is 4.90 Å².